The third-order valence-corrected chi connectivity index (χ3v) is 13.0. The van der Waals surface area contributed by atoms with Gasteiger partial charge in [0.2, 0.25) is 0 Å². The molecule has 74 heavy (non-hydrogen) atoms. The number of aromatic hydroxyl groups is 2. The molecule has 0 saturated heterocycles. The molecule has 0 fully saturated rings. The number of carbonyl (C=O) groups is 2. The van der Waals surface area contributed by atoms with Crippen LogP contribution in [0.3, 0.4) is 0 Å². The fraction of sp³-hybridized carbons (Fsp3) is 0.524. The number of nitrogens with zero attached hydrogens (tertiary/aromatic N) is 2. The van der Waals surface area contributed by atoms with Crippen LogP contribution in [0, 0.1) is 0 Å². The number of allylic oxidation sites excluding steroid dienone is 2. The molecule has 410 valence electrons. The number of para-hydroxylation sites is 2. The second-order valence-electron chi connectivity index (χ2n) is 19.0. The second-order valence-corrected chi connectivity index (χ2v) is 19.0. The summed E-state index contributed by atoms with van der Waals surface area (Å²) >= 11 is 0. The number of hydrogen-bond donors (Lipinski definition) is 4. The summed E-state index contributed by atoms with van der Waals surface area (Å²) in [5.74, 6) is -5.25. The number of aliphatic imine (C=N–C) groups is 2. The van der Waals surface area contributed by atoms with Crippen molar-refractivity contribution < 1.29 is 56.7 Å². The molecule has 0 radical (unpaired) electrons. The standard InChI is InChI=1S/C45H72N2.2C9H10O4.Ni/c1-4-7-10-12-13-14-15-16-17-18-19-20-21-22-23-24-25-26-28-34-41-35-32-33-39-43(41)47-45(38-9-6-3)44(40-31-11-8-5-2)46-42-36-29-27-30-37-42;2*1-2-5-3-4-6(10)8(11)7(5)9(12)13;/h25-27,29-30,32-33,35-37,39H,4-24,28,31,34,38,40H2,1-3H3;2*3-4,10-11H,2H2,1H3,(H,12,13);/q;;;+2/p-2. The van der Waals surface area contributed by atoms with Crippen LogP contribution in [0.1, 0.15) is 233 Å². The number of carboxylic acid groups (broad SMARTS) is 2. The Hall–Kier alpha value is -5.41. The Morgan fingerprint density at radius 1 is 0.459 bits per heavy atom. The summed E-state index contributed by atoms with van der Waals surface area (Å²) in [5.41, 5.74) is 6.10. The van der Waals surface area contributed by atoms with E-state index in [0.29, 0.717) is 24.0 Å². The minimum absolute atomic E-state index is 0. The molecule has 4 aromatic carbocycles. The molecule has 0 bridgehead atoms. The summed E-state index contributed by atoms with van der Waals surface area (Å²) in [5, 5.41) is 57.7. The number of aromatic carboxylic acids is 2. The van der Waals surface area contributed by atoms with Crippen LogP contribution in [0.2, 0.25) is 0 Å². The summed E-state index contributed by atoms with van der Waals surface area (Å²) < 4.78 is 0. The first kappa shape index (κ1) is 66.6. The molecule has 0 atom stereocenters. The first-order valence-corrected chi connectivity index (χ1v) is 27.9. The molecule has 0 aromatic heterocycles. The Kier molecular flexibility index (Phi) is 37.7. The Morgan fingerprint density at radius 2 is 0.865 bits per heavy atom. The monoisotopic (exact) mass is 1060 g/mol. The molecule has 10 nitrogen and oxygen atoms in total. The van der Waals surface area contributed by atoms with Gasteiger partial charge in [-0.05, 0) is 111 Å². The van der Waals surface area contributed by atoms with Crippen molar-refractivity contribution >= 4 is 34.7 Å². The molecule has 0 aliphatic heterocycles. The number of phenols is 2. The topological polar surface area (TPSA) is 186 Å². The van der Waals surface area contributed by atoms with Gasteiger partial charge in [0, 0.05) is 0 Å². The van der Waals surface area contributed by atoms with E-state index in [0.717, 1.165) is 43.5 Å². The Morgan fingerprint density at radius 3 is 1.34 bits per heavy atom. The van der Waals surface area contributed by atoms with Crippen molar-refractivity contribution in [1.82, 2.24) is 0 Å². The molecule has 0 unspecified atom stereocenters. The molecular weight excluding hydrogens is 971 g/mol. The zero-order valence-electron chi connectivity index (χ0n) is 45.6. The van der Waals surface area contributed by atoms with Gasteiger partial charge in [0.15, 0.2) is 0 Å². The van der Waals surface area contributed by atoms with E-state index < -0.39 is 34.9 Å². The number of rotatable bonds is 34. The van der Waals surface area contributed by atoms with E-state index in [9.17, 15) is 19.8 Å². The van der Waals surface area contributed by atoms with E-state index in [-0.39, 0.29) is 27.6 Å². The molecule has 0 heterocycles. The molecule has 0 aliphatic carbocycles. The van der Waals surface area contributed by atoms with Crippen LogP contribution in [-0.2, 0) is 35.8 Å². The van der Waals surface area contributed by atoms with Crippen LogP contribution in [0.15, 0.2) is 101 Å². The third kappa shape index (κ3) is 27.2. The van der Waals surface area contributed by atoms with Crippen molar-refractivity contribution in [3.05, 3.63) is 119 Å². The van der Waals surface area contributed by atoms with E-state index in [4.69, 9.17) is 30.4 Å². The van der Waals surface area contributed by atoms with Crippen LogP contribution in [0.4, 0.5) is 11.4 Å². The first-order valence-electron chi connectivity index (χ1n) is 27.9. The first-order chi connectivity index (χ1) is 35.4. The molecule has 4 N–H and O–H groups in total. The minimum Gasteiger partial charge on any atom is -0.869 e. The molecule has 4 rings (SSSR count). The maximum absolute atomic E-state index is 11.2. The van der Waals surface area contributed by atoms with E-state index in [1.54, 1.807) is 13.8 Å². The van der Waals surface area contributed by atoms with Crippen molar-refractivity contribution in [3.63, 3.8) is 0 Å². The van der Waals surface area contributed by atoms with Crippen molar-refractivity contribution in [3.8, 4) is 23.0 Å². The maximum atomic E-state index is 11.2. The quantitative estimate of drug-likeness (QED) is 0.0154. The molecular formula is C63H90N2NiO8. The van der Waals surface area contributed by atoms with Gasteiger partial charge in [0.25, 0.3) is 0 Å². The number of aryl methyl sites for hydroxylation is 3. The third-order valence-electron chi connectivity index (χ3n) is 13.0. The molecule has 0 amide bonds. The number of hydrogen-bond acceptors (Lipinski definition) is 8. The average Bonchev–Trinajstić information content (AvgIpc) is 3.39. The summed E-state index contributed by atoms with van der Waals surface area (Å²) in [6, 6.07) is 24.6. The van der Waals surface area contributed by atoms with E-state index in [2.05, 4.69) is 87.5 Å². The van der Waals surface area contributed by atoms with Crippen LogP contribution in [0.25, 0.3) is 0 Å². The molecule has 0 aliphatic rings. The van der Waals surface area contributed by atoms with Gasteiger partial charge in [-0.25, -0.2) is 9.59 Å². The van der Waals surface area contributed by atoms with Gasteiger partial charge in [0.1, 0.15) is 11.5 Å². The predicted octanol–water partition coefficient (Wildman–Crippen LogP) is 16.9. The molecule has 11 heteroatoms. The molecule has 0 saturated carbocycles. The Labute approximate surface area is 455 Å². The van der Waals surface area contributed by atoms with Gasteiger partial charge in [-0.15, -0.1) is 0 Å². The maximum Gasteiger partial charge on any atom is 2.00 e. The average molecular weight is 1060 g/mol. The van der Waals surface area contributed by atoms with E-state index >= 15 is 0 Å². The Bertz CT molecular complexity index is 2170. The number of unbranched alkanes of at least 4 members (excludes halogenated alkanes) is 19. The number of carboxylic acids is 2. The molecule has 0 spiro atoms. The Balaban J connectivity index is 0.000000815. The number of benzene rings is 4. The smallest absolute Gasteiger partial charge is 0.869 e. The van der Waals surface area contributed by atoms with Gasteiger partial charge in [-0.3, -0.25) is 9.98 Å². The summed E-state index contributed by atoms with van der Waals surface area (Å²) in [4.78, 5) is 31.8. The zero-order chi connectivity index (χ0) is 53.5. The van der Waals surface area contributed by atoms with Gasteiger partial charge in [-0.1, -0.05) is 222 Å². The van der Waals surface area contributed by atoms with Crippen molar-refractivity contribution in [2.45, 2.75) is 214 Å². The minimum atomic E-state index is -1.29. The summed E-state index contributed by atoms with van der Waals surface area (Å²) in [7, 11) is 0. The fourth-order valence-electron chi connectivity index (χ4n) is 8.62. The van der Waals surface area contributed by atoms with E-state index in [1.165, 1.54) is 176 Å². The van der Waals surface area contributed by atoms with Crippen molar-refractivity contribution in [2.24, 2.45) is 9.98 Å². The van der Waals surface area contributed by atoms with E-state index in [1.807, 2.05) is 0 Å². The van der Waals surface area contributed by atoms with Gasteiger partial charge < -0.3 is 30.6 Å². The largest absolute Gasteiger partial charge is 2.00 e. The van der Waals surface area contributed by atoms with Crippen molar-refractivity contribution in [1.29, 1.82) is 0 Å². The summed E-state index contributed by atoms with van der Waals surface area (Å²) in [6.45, 7) is 10.3. The second kappa shape index (κ2) is 41.9. The zero-order valence-corrected chi connectivity index (χ0v) is 46.6. The summed E-state index contributed by atoms with van der Waals surface area (Å²) in [6.07, 6.45) is 39.7. The van der Waals surface area contributed by atoms with Crippen LogP contribution in [0.5, 0.6) is 23.0 Å². The predicted molar refractivity (Wildman–Crippen MR) is 300 cm³/mol. The number of phenolic OH excluding ortho intramolecular Hbond substituents is 2. The van der Waals surface area contributed by atoms with Crippen molar-refractivity contribution in [2.75, 3.05) is 0 Å². The SMILES string of the molecule is CCCCCCCCCCCCCCCCCC=CCCc1ccccc1N=C(CCCC)C(CCCCCC)=Nc1ccccc1.CCc1ccc(O)c([O-])c1C(=O)O.CCc1ccc(O)c([O-])c1C(=O)O.[Ni+2]. The van der Waals surface area contributed by atoms with Gasteiger partial charge >= 0.3 is 28.4 Å². The van der Waals surface area contributed by atoms with Crippen LogP contribution >= 0.6 is 0 Å². The van der Waals surface area contributed by atoms with Gasteiger partial charge in [0.05, 0.1) is 33.9 Å². The fourth-order valence-corrected chi connectivity index (χ4v) is 8.62. The van der Waals surface area contributed by atoms with Crippen LogP contribution in [-0.4, -0.2) is 43.8 Å². The van der Waals surface area contributed by atoms with Crippen LogP contribution < -0.4 is 10.2 Å². The molecule has 4 aromatic rings. The normalized spacial score (nSPS) is 11.4. The van der Waals surface area contributed by atoms with Gasteiger partial charge in [-0.2, -0.15) is 0 Å².